The summed E-state index contributed by atoms with van der Waals surface area (Å²) in [6.07, 6.45) is 3.08. The summed E-state index contributed by atoms with van der Waals surface area (Å²) in [5, 5.41) is 0. The zero-order valence-electron chi connectivity index (χ0n) is 8.87. The molecule has 0 atom stereocenters. The fourth-order valence-corrected chi connectivity index (χ4v) is 4.09. The lowest BCUT2D eigenvalue weighted by Gasteiger charge is -2.17. The van der Waals surface area contributed by atoms with E-state index in [4.69, 9.17) is 11.6 Å². The summed E-state index contributed by atoms with van der Waals surface area (Å²) in [4.78, 5) is 3.89. The number of pyridine rings is 1. The molecular formula is C10H9ClN2O2S2. The number of hydrogen-bond acceptors (Lipinski definition) is 4. The minimum Gasteiger partial charge on any atom is -0.267 e. The fourth-order valence-electron chi connectivity index (χ4n) is 1.25. The summed E-state index contributed by atoms with van der Waals surface area (Å²) < 4.78 is 26.2. The molecule has 2 heterocycles. The van der Waals surface area contributed by atoms with Crippen LogP contribution in [-0.4, -0.2) is 20.4 Å². The molecule has 0 fully saturated rings. The zero-order valence-corrected chi connectivity index (χ0v) is 11.3. The van der Waals surface area contributed by atoms with E-state index in [1.807, 2.05) is 0 Å². The van der Waals surface area contributed by atoms with E-state index >= 15 is 0 Å². The predicted octanol–water partition coefficient (Wildman–Crippen LogP) is 2.62. The van der Waals surface area contributed by atoms with Gasteiger partial charge in [-0.2, -0.15) is 0 Å². The van der Waals surface area contributed by atoms with Crippen LogP contribution in [0.2, 0.25) is 4.34 Å². The highest BCUT2D eigenvalue weighted by molar-refractivity contribution is 7.94. The lowest BCUT2D eigenvalue weighted by Crippen LogP contribution is -2.25. The van der Waals surface area contributed by atoms with Crippen LogP contribution in [0, 0.1) is 0 Å². The maximum atomic E-state index is 12.2. The monoisotopic (exact) mass is 288 g/mol. The average molecular weight is 289 g/mol. The number of halogens is 1. The van der Waals surface area contributed by atoms with E-state index in [0.29, 0.717) is 10.0 Å². The van der Waals surface area contributed by atoms with E-state index in [-0.39, 0.29) is 4.21 Å². The minimum absolute atomic E-state index is 0.217. The Labute approximate surface area is 109 Å². The highest BCUT2D eigenvalue weighted by Crippen LogP contribution is 2.29. The Balaban J connectivity index is 2.40. The van der Waals surface area contributed by atoms with E-state index in [1.54, 1.807) is 24.4 Å². The standard InChI is InChI=1S/C10H9ClN2O2S2/c1-13(8-3-2-6-12-7-8)17(14,15)10-5-4-9(11)16-10/h2-7H,1H3. The Kier molecular flexibility index (Phi) is 3.37. The molecule has 0 aliphatic carbocycles. The summed E-state index contributed by atoms with van der Waals surface area (Å²) in [7, 11) is -2.06. The van der Waals surface area contributed by atoms with Gasteiger partial charge >= 0.3 is 0 Å². The topological polar surface area (TPSA) is 50.3 Å². The number of hydrogen-bond donors (Lipinski definition) is 0. The summed E-state index contributed by atoms with van der Waals surface area (Å²) in [5.41, 5.74) is 0.511. The third kappa shape index (κ3) is 2.43. The predicted molar refractivity (Wildman–Crippen MR) is 69.2 cm³/mol. The minimum atomic E-state index is -3.54. The Hall–Kier alpha value is -1.11. The second-order valence-corrected chi connectivity index (χ2v) is 7.15. The first-order valence-electron chi connectivity index (χ1n) is 4.66. The van der Waals surface area contributed by atoms with Crippen LogP contribution in [0.25, 0.3) is 0 Å². The molecule has 90 valence electrons. The lowest BCUT2D eigenvalue weighted by atomic mass is 10.4. The van der Waals surface area contributed by atoms with Crippen LogP contribution in [0.15, 0.2) is 40.9 Å². The average Bonchev–Trinajstić information content (AvgIpc) is 2.77. The van der Waals surface area contributed by atoms with E-state index < -0.39 is 10.0 Å². The molecule has 2 aromatic heterocycles. The zero-order chi connectivity index (χ0) is 12.5. The third-order valence-corrected chi connectivity index (χ3v) is 5.66. The van der Waals surface area contributed by atoms with Crippen molar-refractivity contribution in [2.24, 2.45) is 0 Å². The number of nitrogens with zero attached hydrogens (tertiary/aromatic N) is 2. The van der Waals surface area contributed by atoms with Crippen LogP contribution < -0.4 is 4.31 Å². The SMILES string of the molecule is CN(c1cccnc1)S(=O)(=O)c1ccc(Cl)s1. The highest BCUT2D eigenvalue weighted by atomic mass is 35.5. The van der Waals surface area contributed by atoms with Crippen molar-refractivity contribution in [3.8, 4) is 0 Å². The van der Waals surface area contributed by atoms with Gasteiger partial charge in [-0.3, -0.25) is 9.29 Å². The molecule has 2 aromatic rings. The van der Waals surface area contributed by atoms with Crippen LogP contribution in [0.3, 0.4) is 0 Å². The van der Waals surface area contributed by atoms with Gasteiger partial charge in [-0.15, -0.1) is 11.3 Å². The molecule has 7 heteroatoms. The molecule has 17 heavy (non-hydrogen) atoms. The summed E-state index contributed by atoms with van der Waals surface area (Å²) in [6.45, 7) is 0. The molecule has 0 aromatic carbocycles. The molecule has 0 aliphatic heterocycles. The first-order valence-corrected chi connectivity index (χ1v) is 7.29. The van der Waals surface area contributed by atoms with Gasteiger partial charge in [0.15, 0.2) is 0 Å². The Morgan fingerprint density at radius 1 is 1.35 bits per heavy atom. The van der Waals surface area contributed by atoms with Crippen molar-refractivity contribution < 1.29 is 8.42 Å². The van der Waals surface area contributed by atoms with E-state index in [9.17, 15) is 8.42 Å². The molecular weight excluding hydrogens is 280 g/mol. The fraction of sp³-hybridized carbons (Fsp3) is 0.100. The Bertz CT molecular complexity index is 610. The first-order chi connectivity index (χ1) is 8.01. The number of anilines is 1. The Morgan fingerprint density at radius 2 is 2.12 bits per heavy atom. The normalized spacial score (nSPS) is 11.4. The Morgan fingerprint density at radius 3 is 2.65 bits per heavy atom. The van der Waals surface area contributed by atoms with Crippen molar-refractivity contribution in [2.75, 3.05) is 11.4 Å². The molecule has 0 spiro atoms. The van der Waals surface area contributed by atoms with Gasteiger partial charge in [-0.05, 0) is 24.3 Å². The number of thiophene rings is 1. The smallest absolute Gasteiger partial charge is 0.267 e. The van der Waals surface area contributed by atoms with Gasteiger partial charge < -0.3 is 0 Å². The third-order valence-electron chi connectivity index (χ3n) is 2.17. The summed E-state index contributed by atoms with van der Waals surface area (Å²) >= 11 is 6.77. The molecule has 4 nitrogen and oxygen atoms in total. The highest BCUT2D eigenvalue weighted by Gasteiger charge is 2.23. The van der Waals surface area contributed by atoms with Crippen LogP contribution in [0.5, 0.6) is 0 Å². The van der Waals surface area contributed by atoms with Crippen molar-refractivity contribution in [1.29, 1.82) is 0 Å². The van der Waals surface area contributed by atoms with Crippen molar-refractivity contribution in [3.05, 3.63) is 41.0 Å². The second kappa shape index (κ2) is 4.64. The number of sulfonamides is 1. The largest absolute Gasteiger partial charge is 0.273 e. The van der Waals surface area contributed by atoms with E-state index in [2.05, 4.69) is 4.98 Å². The van der Waals surface area contributed by atoms with Crippen molar-refractivity contribution in [1.82, 2.24) is 4.98 Å². The molecule has 0 aliphatic rings. The van der Waals surface area contributed by atoms with Gasteiger partial charge in [0, 0.05) is 13.2 Å². The van der Waals surface area contributed by atoms with Gasteiger partial charge in [-0.25, -0.2) is 8.42 Å². The van der Waals surface area contributed by atoms with Crippen LogP contribution in [0.4, 0.5) is 5.69 Å². The van der Waals surface area contributed by atoms with Crippen LogP contribution >= 0.6 is 22.9 Å². The molecule has 0 unspecified atom stereocenters. The van der Waals surface area contributed by atoms with Crippen molar-refractivity contribution >= 4 is 38.6 Å². The molecule has 0 saturated carbocycles. The van der Waals surface area contributed by atoms with Crippen LogP contribution in [-0.2, 0) is 10.0 Å². The molecule has 0 radical (unpaired) electrons. The molecule has 0 amide bonds. The molecule has 2 rings (SSSR count). The van der Waals surface area contributed by atoms with E-state index in [0.717, 1.165) is 11.3 Å². The number of rotatable bonds is 3. The van der Waals surface area contributed by atoms with Crippen molar-refractivity contribution in [2.45, 2.75) is 4.21 Å². The first kappa shape index (κ1) is 12.3. The van der Waals surface area contributed by atoms with Gasteiger partial charge in [0.05, 0.1) is 16.2 Å². The van der Waals surface area contributed by atoms with Gasteiger partial charge in [0.1, 0.15) is 4.21 Å². The number of aromatic nitrogens is 1. The lowest BCUT2D eigenvalue weighted by molar-refractivity contribution is 0.596. The van der Waals surface area contributed by atoms with E-state index in [1.165, 1.54) is 23.6 Å². The van der Waals surface area contributed by atoms with Crippen LogP contribution in [0.1, 0.15) is 0 Å². The van der Waals surface area contributed by atoms with Gasteiger partial charge in [0.2, 0.25) is 0 Å². The molecule has 0 N–H and O–H groups in total. The quantitative estimate of drug-likeness (QED) is 0.872. The maximum absolute atomic E-state index is 12.2. The van der Waals surface area contributed by atoms with Gasteiger partial charge in [0.25, 0.3) is 10.0 Å². The second-order valence-electron chi connectivity index (χ2n) is 3.24. The van der Waals surface area contributed by atoms with Crippen molar-refractivity contribution in [3.63, 3.8) is 0 Å². The molecule has 0 saturated heterocycles. The maximum Gasteiger partial charge on any atom is 0.273 e. The summed E-state index contributed by atoms with van der Waals surface area (Å²) in [5.74, 6) is 0. The van der Waals surface area contributed by atoms with Gasteiger partial charge in [-0.1, -0.05) is 11.6 Å². The molecule has 0 bridgehead atoms. The summed E-state index contributed by atoms with van der Waals surface area (Å²) in [6, 6.07) is 6.42.